The van der Waals surface area contributed by atoms with E-state index in [-0.39, 0.29) is 58.4 Å². The van der Waals surface area contributed by atoms with Crippen LogP contribution in [0, 0.1) is 39.9 Å². The summed E-state index contributed by atoms with van der Waals surface area (Å²) in [6, 6.07) is 5.68. The summed E-state index contributed by atoms with van der Waals surface area (Å²) in [6.07, 6.45) is -3.64. The Morgan fingerprint density at radius 3 is 2.39 bits per heavy atom. The molecule has 0 aromatic heterocycles. The molecule has 0 radical (unpaired) electrons. The van der Waals surface area contributed by atoms with Crippen LogP contribution in [0.1, 0.15) is 25.0 Å². The molecule has 0 bridgehead atoms. The van der Waals surface area contributed by atoms with Crippen molar-refractivity contribution in [2.75, 3.05) is 6.54 Å². The first-order valence-corrected chi connectivity index (χ1v) is 5.33. The second kappa shape index (κ2) is 9.48. The molecule has 0 amide bonds. The molecule has 0 aliphatic rings. The Hall–Kier alpha value is 0.585. The zero-order valence-electron chi connectivity index (χ0n) is 10.3. The Morgan fingerprint density at radius 2 is 1.89 bits per heavy atom. The van der Waals surface area contributed by atoms with Crippen LogP contribution in [-0.4, -0.2) is 12.6 Å². The molecule has 18 heavy (non-hydrogen) atoms. The minimum Gasteiger partial charge on any atom is -0.314 e. The summed E-state index contributed by atoms with van der Waals surface area (Å²) in [5, 5.41) is 3.17. The van der Waals surface area contributed by atoms with Crippen molar-refractivity contribution in [2.45, 2.75) is 32.5 Å². The summed E-state index contributed by atoms with van der Waals surface area (Å²) in [7, 11) is 0. The third-order valence-electron chi connectivity index (χ3n) is 2.35. The van der Waals surface area contributed by atoms with Gasteiger partial charge in [0.15, 0.2) is 0 Å². The van der Waals surface area contributed by atoms with Crippen LogP contribution in [0.2, 0.25) is 0 Å². The van der Waals surface area contributed by atoms with Gasteiger partial charge in [0.25, 0.3) is 0 Å². The van der Waals surface area contributed by atoms with Crippen LogP contribution in [0.15, 0.2) is 24.3 Å². The van der Waals surface area contributed by atoms with E-state index in [2.05, 4.69) is 5.32 Å². The van der Waals surface area contributed by atoms with Crippen molar-refractivity contribution in [2.24, 2.45) is 0 Å². The SMILES string of the molecule is CCNC(C)Cc1cccc(C(F)(F)F)c1.Cl.[Th]. The van der Waals surface area contributed by atoms with Gasteiger partial charge in [0.05, 0.1) is 5.56 Å². The van der Waals surface area contributed by atoms with Gasteiger partial charge < -0.3 is 5.32 Å². The van der Waals surface area contributed by atoms with Gasteiger partial charge in [-0.1, -0.05) is 25.1 Å². The summed E-state index contributed by atoms with van der Waals surface area (Å²) in [6.45, 7) is 4.76. The summed E-state index contributed by atoms with van der Waals surface area (Å²) in [5.74, 6) is 0. The Balaban J connectivity index is 0. The Kier molecular flexibility index (Phi) is 11.0. The van der Waals surface area contributed by atoms with E-state index in [0.717, 1.165) is 12.6 Å². The molecule has 0 heterocycles. The minimum atomic E-state index is -4.25. The van der Waals surface area contributed by atoms with Gasteiger partial charge in [0, 0.05) is 46.0 Å². The van der Waals surface area contributed by atoms with Crippen LogP contribution in [-0.2, 0) is 12.6 Å². The van der Waals surface area contributed by atoms with Crippen LogP contribution in [0.25, 0.3) is 0 Å². The normalized spacial score (nSPS) is 12.3. The first kappa shape index (κ1) is 20.9. The van der Waals surface area contributed by atoms with Crippen LogP contribution in [0.5, 0.6) is 0 Å². The Bertz CT molecular complexity index is 344. The standard InChI is InChI=1S/C12H16F3N.ClH.Th/c1-3-16-9(2)7-10-5-4-6-11(8-10)12(13,14)15;;/h4-6,8-9,16H,3,7H2,1-2H3;1H;. The van der Waals surface area contributed by atoms with E-state index in [1.807, 2.05) is 13.8 Å². The van der Waals surface area contributed by atoms with Gasteiger partial charge in [-0.3, -0.25) is 0 Å². The zero-order valence-corrected chi connectivity index (χ0v) is 15.3. The van der Waals surface area contributed by atoms with E-state index in [9.17, 15) is 13.2 Å². The fraction of sp³-hybridized carbons (Fsp3) is 0.500. The number of alkyl halides is 3. The first-order valence-electron chi connectivity index (χ1n) is 5.33. The number of nitrogens with one attached hydrogen (secondary N) is 1. The van der Waals surface area contributed by atoms with Crippen molar-refractivity contribution in [3.05, 3.63) is 35.4 Å². The van der Waals surface area contributed by atoms with E-state index in [1.54, 1.807) is 6.07 Å². The van der Waals surface area contributed by atoms with E-state index >= 15 is 0 Å². The van der Waals surface area contributed by atoms with Gasteiger partial charge in [-0.2, -0.15) is 13.2 Å². The maximum absolute atomic E-state index is 12.4. The third-order valence-corrected chi connectivity index (χ3v) is 2.35. The molecule has 0 aliphatic heterocycles. The van der Waals surface area contributed by atoms with Crippen molar-refractivity contribution >= 4 is 12.4 Å². The molecule has 1 N–H and O–H groups in total. The number of halogens is 4. The van der Waals surface area contributed by atoms with Gasteiger partial charge in [-0.15, -0.1) is 12.4 Å². The summed E-state index contributed by atoms with van der Waals surface area (Å²) in [4.78, 5) is 0. The van der Waals surface area contributed by atoms with Crippen molar-refractivity contribution < 1.29 is 53.1 Å². The number of rotatable bonds is 4. The van der Waals surface area contributed by atoms with Crippen molar-refractivity contribution in [3.63, 3.8) is 0 Å². The molecule has 1 atom stereocenters. The molecule has 1 rings (SSSR count). The molecular formula is C12H17ClF3NTh. The second-order valence-corrected chi connectivity index (χ2v) is 3.86. The molecule has 1 aromatic rings. The summed E-state index contributed by atoms with van der Waals surface area (Å²) in [5.41, 5.74) is 0.136. The molecule has 0 saturated heterocycles. The van der Waals surface area contributed by atoms with Gasteiger partial charge in [0.1, 0.15) is 0 Å². The maximum Gasteiger partial charge on any atom is 0.416 e. The second-order valence-electron chi connectivity index (χ2n) is 3.86. The van der Waals surface area contributed by atoms with E-state index in [0.29, 0.717) is 12.0 Å². The predicted molar refractivity (Wildman–Crippen MR) is 65.5 cm³/mol. The van der Waals surface area contributed by atoms with Gasteiger partial charge in [-0.25, -0.2) is 0 Å². The number of likely N-dealkylation sites (N-methyl/N-ethyl adjacent to an activating group) is 1. The summed E-state index contributed by atoms with van der Waals surface area (Å²) >= 11 is 0. The molecule has 0 aliphatic carbocycles. The quantitative estimate of drug-likeness (QED) is 0.667. The van der Waals surface area contributed by atoms with Crippen molar-refractivity contribution in [1.29, 1.82) is 0 Å². The smallest absolute Gasteiger partial charge is 0.314 e. The zero-order chi connectivity index (χ0) is 12.2. The third kappa shape index (κ3) is 7.24. The molecule has 6 heteroatoms. The van der Waals surface area contributed by atoms with Crippen molar-refractivity contribution in [1.82, 2.24) is 5.32 Å². The molecule has 102 valence electrons. The van der Waals surface area contributed by atoms with Crippen LogP contribution in [0.3, 0.4) is 0 Å². The van der Waals surface area contributed by atoms with E-state index < -0.39 is 11.7 Å². The Morgan fingerprint density at radius 1 is 1.28 bits per heavy atom. The fourth-order valence-electron chi connectivity index (χ4n) is 1.65. The molecule has 0 fully saturated rings. The monoisotopic (exact) mass is 499 g/mol. The largest absolute Gasteiger partial charge is 0.416 e. The molecule has 1 nitrogen and oxygen atoms in total. The molecule has 1 aromatic carbocycles. The fourth-order valence-corrected chi connectivity index (χ4v) is 1.65. The topological polar surface area (TPSA) is 12.0 Å². The van der Waals surface area contributed by atoms with Crippen molar-refractivity contribution in [3.8, 4) is 0 Å². The van der Waals surface area contributed by atoms with Gasteiger partial charge in [-0.05, 0) is 31.5 Å². The number of hydrogen-bond donors (Lipinski definition) is 1. The van der Waals surface area contributed by atoms with Crippen LogP contribution >= 0.6 is 12.4 Å². The minimum absolute atomic E-state index is 0. The average molecular weight is 500 g/mol. The van der Waals surface area contributed by atoms with E-state index in [4.69, 9.17) is 0 Å². The Labute approximate surface area is 144 Å². The van der Waals surface area contributed by atoms with Gasteiger partial charge in [0.2, 0.25) is 0 Å². The molecule has 1 unspecified atom stereocenters. The predicted octanol–water partition coefficient (Wildman–Crippen LogP) is 3.67. The molecule has 0 saturated carbocycles. The van der Waals surface area contributed by atoms with Crippen LogP contribution < -0.4 is 5.32 Å². The van der Waals surface area contributed by atoms with Gasteiger partial charge >= 0.3 is 6.18 Å². The molecular weight excluding hydrogens is 483 g/mol. The van der Waals surface area contributed by atoms with Crippen LogP contribution in [0.4, 0.5) is 13.2 Å². The molecule has 0 spiro atoms. The number of hydrogen-bond acceptors (Lipinski definition) is 1. The average Bonchev–Trinajstić information content (AvgIpc) is 2.17. The van der Waals surface area contributed by atoms with E-state index in [1.165, 1.54) is 12.1 Å². The maximum atomic E-state index is 12.4. The number of benzene rings is 1. The first-order chi connectivity index (χ1) is 7.43. The summed E-state index contributed by atoms with van der Waals surface area (Å²) < 4.78 is 37.3.